The molecule has 3 heterocycles. The van der Waals surface area contributed by atoms with E-state index in [0.29, 0.717) is 6.04 Å². The summed E-state index contributed by atoms with van der Waals surface area (Å²) in [6.45, 7) is 5.27. The number of nitrogens with one attached hydrogen (secondary N) is 1. The van der Waals surface area contributed by atoms with Crippen molar-refractivity contribution >= 4 is 0 Å². The second-order valence-corrected chi connectivity index (χ2v) is 5.22. The van der Waals surface area contributed by atoms with Gasteiger partial charge in [0, 0.05) is 30.9 Å². The summed E-state index contributed by atoms with van der Waals surface area (Å²) in [6, 6.07) is 0.582. The third-order valence-electron chi connectivity index (χ3n) is 3.67. The van der Waals surface area contributed by atoms with Crippen LogP contribution in [-0.4, -0.2) is 31.9 Å². The molecule has 2 aromatic heterocycles. The molecule has 0 bridgehead atoms. The Labute approximate surface area is 113 Å². The second-order valence-electron chi connectivity index (χ2n) is 5.22. The Bertz CT molecular complexity index is 521. The Hall–Kier alpha value is -1.62. The summed E-state index contributed by atoms with van der Waals surface area (Å²) in [7, 11) is 0. The van der Waals surface area contributed by atoms with Gasteiger partial charge in [-0.2, -0.15) is 5.10 Å². The topological polar surface area (TPSA) is 47.7 Å². The molecule has 3 rings (SSSR count). The maximum atomic E-state index is 4.39. The van der Waals surface area contributed by atoms with E-state index >= 15 is 0 Å². The van der Waals surface area contributed by atoms with Gasteiger partial charge in [0.1, 0.15) is 0 Å². The van der Waals surface area contributed by atoms with Crippen LogP contribution in [-0.2, 0) is 13.1 Å². The molecule has 2 aromatic rings. The van der Waals surface area contributed by atoms with E-state index in [1.807, 2.05) is 23.4 Å². The lowest BCUT2D eigenvalue weighted by Crippen LogP contribution is -2.26. The van der Waals surface area contributed by atoms with Gasteiger partial charge in [0.05, 0.1) is 24.4 Å². The largest absolute Gasteiger partial charge is 0.329 e. The van der Waals surface area contributed by atoms with Crippen molar-refractivity contribution in [3.05, 3.63) is 24.9 Å². The van der Waals surface area contributed by atoms with Gasteiger partial charge in [-0.25, -0.2) is 4.98 Å². The molecule has 19 heavy (non-hydrogen) atoms. The summed E-state index contributed by atoms with van der Waals surface area (Å²) in [5.41, 5.74) is 2.32. The van der Waals surface area contributed by atoms with Crippen LogP contribution in [0.1, 0.15) is 26.2 Å². The van der Waals surface area contributed by atoms with E-state index in [4.69, 9.17) is 0 Å². The molecule has 0 radical (unpaired) electrons. The molecule has 0 amide bonds. The molecule has 1 saturated heterocycles. The molecule has 1 fully saturated rings. The van der Waals surface area contributed by atoms with Crippen molar-refractivity contribution in [2.75, 3.05) is 6.54 Å². The highest BCUT2D eigenvalue weighted by molar-refractivity contribution is 5.56. The average molecular weight is 259 g/mol. The Morgan fingerprint density at radius 2 is 2.37 bits per heavy atom. The second kappa shape index (κ2) is 5.57. The van der Waals surface area contributed by atoms with E-state index in [0.717, 1.165) is 37.3 Å². The van der Waals surface area contributed by atoms with E-state index in [9.17, 15) is 0 Å². The zero-order valence-electron chi connectivity index (χ0n) is 11.4. The third kappa shape index (κ3) is 2.71. The molecule has 5 nitrogen and oxygen atoms in total. The van der Waals surface area contributed by atoms with Crippen LogP contribution in [0.25, 0.3) is 11.3 Å². The number of hydrogen-bond acceptors (Lipinski definition) is 3. The third-order valence-corrected chi connectivity index (χ3v) is 3.67. The van der Waals surface area contributed by atoms with Crippen molar-refractivity contribution in [1.82, 2.24) is 24.6 Å². The maximum absolute atomic E-state index is 4.39. The first-order valence-electron chi connectivity index (χ1n) is 7.13. The highest BCUT2D eigenvalue weighted by Gasteiger charge is 2.16. The van der Waals surface area contributed by atoms with Gasteiger partial charge < -0.3 is 9.88 Å². The Morgan fingerprint density at radius 3 is 3.16 bits per heavy atom. The monoisotopic (exact) mass is 259 g/mol. The predicted molar refractivity (Wildman–Crippen MR) is 74.8 cm³/mol. The first-order chi connectivity index (χ1) is 9.36. The van der Waals surface area contributed by atoms with E-state index in [1.54, 1.807) is 0 Å². The molecular formula is C14H21N5. The first kappa shape index (κ1) is 12.4. The average Bonchev–Trinajstić information content (AvgIpc) is 3.11. The summed E-state index contributed by atoms with van der Waals surface area (Å²) in [4.78, 5) is 4.29. The van der Waals surface area contributed by atoms with E-state index in [-0.39, 0.29) is 0 Å². The van der Waals surface area contributed by atoms with Crippen LogP contribution in [0.15, 0.2) is 24.9 Å². The quantitative estimate of drug-likeness (QED) is 0.892. The molecule has 1 N–H and O–H groups in total. The van der Waals surface area contributed by atoms with Gasteiger partial charge in [-0.1, -0.05) is 6.92 Å². The van der Waals surface area contributed by atoms with E-state index < -0.39 is 0 Å². The van der Waals surface area contributed by atoms with Gasteiger partial charge in [0.15, 0.2) is 0 Å². The van der Waals surface area contributed by atoms with Crippen LogP contribution in [0, 0.1) is 0 Å². The van der Waals surface area contributed by atoms with Crippen LogP contribution in [0.5, 0.6) is 0 Å². The molecule has 0 spiro atoms. The van der Waals surface area contributed by atoms with Gasteiger partial charge in [-0.15, -0.1) is 0 Å². The van der Waals surface area contributed by atoms with Crippen LogP contribution < -0.4 is 5.32 Å². The summed E-state index contributed by atoms with van der Waals surface area (Å²) >= 11 is 0. The highest BCUT2D eigenvalue weighted by atomic mass is 15.3. The zero-order valence-corrected chi connectivity index (χ0v) is 11.4. The highest BCUT2D eigenvalue weighted by Crippen LogP contribution is 2.19. The maximum Gasteiger partial charge on any atom is 0.0951 e. The number of aryl methyl sites for hydroxylation is 1. The molecule has 0 aliphatic carbocycles. The minimum Gasteiger partial charge on any atom is -0.329 e. The van der Waals surface area contributed by atoms with Gasteiger partial charge in [-0.05, 0) is 25.8 Å². The fraction of sp³-hybridized carbons (Fsp3) is 0.571. The first-order valence-corrected chi connectivity index (χ1v) is 7.13. The standard InChI is InChI=1S/C14H21N5/c1-2-6-19-9-12(7-17-19)14-8-15-11-18(14)10-13-4-3-5-16-13/h7-9,11,13,16H,2-6,10H2,1H3. The van der Waals surface area contributed by atoms with Crippen LogP contribution in [0.3, 0.4) is 0 Å². The van der Waals surface area contributed by atoms with Gasteiger partial charge >= 0.3 is 0 Å². The molecular weight excluding hydrogens is 238 g/mol. The molecule has 0 aromatic carbocycles. The molecule has 0 saturated carbocycles. The van der Waals surface area contributed by atoms with Crippen molar-refractivity contribution in [2.45, 2.75) is 45.3 Å². The van der Waals surface area contributed by atoms with Crippen LogP contribution in [0.2, 0.25) is 0 Å². The summed E-state index contributed by atoms with van der Waals surface area (Å²) in [5.74, 6) is 0. The number of imidazole rings is 1. The van der Waals surface area contributed by atoms with Gasteiger partial charge in [0.2, 0.25) is 0 Å². The number of aromatic nitrogens is 4. The van der Waals surface area contributed by atoms with Crippen LogP contribution in [0.4, 0.5) is 0 Å². The summed E-state index contributed by atoms with van der Waals surface area (Å²) in [5, 5.41) is 7.92. The molecule has 1 atom stereocenters. The smallest absolute Gasteiger partial charge is 0.0951 e. The van der Waals surface area contributed by atoms with Gasteiger partial charge in [-0.3, -0.25) is 4.68 Å². The molecule has 102 valence electrons. The summed E-state index contributed by atoms with van der Waals surface area (Å²) < 4.78 is 4.23. The van der Waals surface area contributed by atoms with Crippen molar-refractivity contribution < 1.29 is 0 Å². The number of hydrogen-bond donors (Lipinski definition) is 1. The van der Waals surface area contributed by atoms with Crippen LogP contribution >= 0.6 is 0 Å². The molecule has 5 heteroatoms. The predicted octanol–water partition coefficient (Wildman–Crippen LogP) is 1.91. The molecule has 1 unspecified atom stereocenters. The summed E-state index contributed by atoms with van der Waals surface area (Å²) in [6.07, 6.45) is 11.5. The van der Waals surface area contributed by atoms with Crippen molar-refractivity contribution in [3.8, 4) is 11.3 Å². The fourth-order valence-corrected chi connectivity index (χ4v) is 2.70. The Morgan fingerprint density at radius 1 is 1.42 bits per heavy atom. The lowest BCUT2D eigenvalue weighted by Gasteiger charge is -2.13. The minimum atomic E-state index is 0.582. The zero-order chi connectivity index (χ0) is 13.1. The van der Waals surface area contributed by atoms with Crippen molar-refractivity contribution in [2.24, 2.45) is 0 Å². The Kier molecular flexibility index (Phi) is 3.64. The normalized spacial score (nSPS) is 19.1. The SMILES string of the molecule is CCCn1cc(-c2cncn2CC2CCCN2)cn1. The van der Waals surface area contributed by atoms with Crippen molar-refractivity contribution in [3.63, 3.8) is 0 Å². The number of nitrogens with zero attached hydrogens (tertiary/aromatic N) is 4. The fourth-order valence-electron chi connectivity index (χ4n) is 2.70. The lowest BCUT2D eigenvalue weighted by molar-refractivity contribution is 0.512. The molecule has 1 aliphatic rings. The minimum absolute atomic E-state index is 0.582. The number of rotatable bonds is 5. The molecule has 1 aliphatic heterocycles. The Balaban J connectivity index is 1.77. The van der Waals surface area contributed by atoms with E-state index in [1.165, 1.54) is 12.8 Å². The lowest BCUT2D eigenvalue weighted by atomic mass is 10.2. The van der Waals surface area contributed by atoms with Gasteiger partial charge in [0.25, 0.3) is 0 Å². The van der Waals surface area contributed by atoms with E-state index in [2.05, 4.69) is 33.1 Å². The van der Waals surface area contributed by atoms with Crippen molar-refractivity contribution in [1.29, 1.82) is 0 Å².